The van der Waals surface area contributed by atoms with Gasteiger partial charge in [0.25, 0.3) is 0 Å². The Labute approximate surface area is 135 Å². The quantitative estimate of drug-likeness (QED) is 0.809. The average Bonchev–Trinajstić information content (AvgIpc) is 3.37. The molecule has 0 atom stereocenters. The Morgan fingerprint density at radius 1 is 1.22 bits per heavy atom. The van der Waals surface area contributed by atoms with Crippen molar-refractivity contribution in [2.24, 2.45) is 0 Å². The lowest BCUT2D eigenvalue weighted by molar-refractivity contribution is -0.130. The van der Waals surface area contributed by atoms with E-state index in [-0.39, 0.29) is 18.3 Å². The molecule has 0 aromatic heterocycles. The average molecular weight is 313 g/mol. The van der Waals surface area contributed by atoms with E-state index in [4.69, 9.17) is 4.74 Å². The van der Waals surface area contributed by atoms with E-state index in [2.05, 4.69) is 0 Å². The van der Waals surface area contributed by atoms with Crippen LogP contribution in [0.2, 0.25) is 0 Å². The van der Waals surface area contributed by atoms with Gasteiger partial charge in [-0.3, -0.25) is 4.79 Å². The van der Waals surface area contributed by atoms with Crippen LogP contribution in [0, 0.1) is 5.82 Å². The van der Waals surface area contributed by atoms with E-state index >= 15 is 0 Å². The Kier molecular flexibility index (Phi) is 4.60. The molecule has 1 saturated carbocycles. The highest BCUT2D eigenvalue weighted by Crippen LogP contribution is 2.29. The van der Waals surface area contributed by atoms with Crippen LogP contribution in [0.3, 0.4) is 0 Å². The van der Waals surface area contributed by atoms with Crippen molar-refractivity contribution in [3.05, 3.63) is 65.5 Å². The summed E-state index contributed by atoms with van der Waals surface area (Å²) in [5, 5.41) is 0. The number of hydrogen-bond acceptors (Lipinski definition) is 2. The molecule has 2 aromatic carbocycles. The van der Waals surface area contributed by atoms with Crippen molar-refractivity contribution in [1.82, 2.24) is 4.90 Å². The van der Waals surface area contributed by atoms with Crippen LogP contribution in [0.25, 0.3) is 0 Å². The summed E-state index contributed by atoms with van der Waals surface area (Å²) < 4.78 is 19.3. The highest BCUT2D eigenvalue weighted by Gasteiger charge is 2.30. The van der Waals surface area contributed by atoms with Gasteiger partial charge >= 0.3 is 0 Å². The third-order valence-corrected chi connectivity index (χ3v) is 4.00. The molecule has 0 heterocycles. The van der Waals surface area contributed by atoms with E-state index in [1.165, 1.54) is 6.07 Å². The molecule has 2 aromatic rings. The maximum absolute atomic E-state index is 13.6. The van der Waals surface area contributed by atoms with Crippen LogP contribution in [0.15, 0.2) is 48.5 Å². The van der Waals surface area contributed by atoms with Crippen LogP contribution in [-0.2, 0) is 17.9 Å². The van der Waals surface area contributed by atoms with Gasteiger partial charge in [0.05, 0.1) is 0 Å². The van der Waals surface area contributed by atoms with Gasteiger partial charge in [-0.1, -0.05) is 30.3 Å². The fraction of sp³-hybridized carbons (Fsp3) is 0.316. The molecular weight excluding hydrogens is 293 g/mol. The van der Waals surface area contributed by atoms with E-state index in [1.807, 2.05) is 29.2 Å². The van der Waals surface area contributed by atoms with E-state index in [0.717, 1.165) is 18.4 Å². The smallest absolute Gasteiger partial charge is 0.219 e. The molecule has 0 spiro atoms. The van der Waals surface area contributed by atoms with E-state index in [1.54, 1.807) is 25.1 Å². The van der Waals surface area contributed by atoms with Crippen LogP contribution in [0.4, 0.5) is 4.39 Å². The highest BCUT2D eigenvalue weighted by molar-refractivity contribution is 5.74. The molecule has 0 N–H and O–H groups in total. The predicted octanol–water partition coefficient (Wildman–Crippen LogP) is 3.92. The lowest BCUT2D eigenvalue weighted by Crippen LogP contribution is -2.30. The molecule has 120 valence electrons. The minimum Gasteiger partial charge on any atom is -0.489 e. The summed E-state index contributed by atoms with van der Waals surface area (Å²) in [7, 11) is 0. The Bertz CT molecular complexity index is 697. The summed E-state index contributed by atoms with van der Waals surface area (Å²) in [4.78, 5) is 13.6. The first-order valence-electron chi connectivity index (χ1n) is 7.86. The number of carbonyl (C=O) groups is 1. The zero-order valence-electron chi connectivity index (χ0n) is 13.2. The molecule has 23 heavy (non-hydrogen) atoms. The molecule has 1 aliphatic rings. The Hall–Kier alpha value is -2.36. The number of hydrogen-bond donors (Lipinski definition) is 0. The number of rotatable bonds is 6. The molecule has 3 rings (SSSR count). The lowest BCUT2D eigenvalue weighted by Gasteiger charge is -2.21. The second-order valence-corrected chi connectivity index (χ2v) is 5.91. The van der Waals surface area contributed by atoms with Gasteiger partial charge in [-0.15, -0.1) is 0 Å². The molecule has 4 heteroatoms. The third kappa shape index (κ3) is 4.09. The second-order valence-electron chi connectivity index (χ2n) is 5.91. The monoisotopic (exact) mass is 313 g/mol. The topological polar surface area (TPSA) is 29.5 Å². The number of carbonyl (C=O) groups excluding carboxylic acids is 1. The first-order valence-corrected chi connectivity index (χ1v) is 7.86. The van der Waals surface area contributed by atoms with Gasteiger partial charge < -0.3 is 9.64 Å². The molecule has 0 bridgehead atoms. The summed E-state index contributed by atoms with van der Waals surface area (Å²) in [5.74, 6) is 0.523. The molecule has 3 nitrogen and oxygen atoms in total. The number of amides is 1. The van der Waals surface area contributed by atoms with Gasteiger partial charge in [-0.05, 0) is 36.6 Å². The largest absolute Gasteiger partial charge is 0.489 e. The maximum Gasteiger partial charge on any atom is 0.219 e. The van der Waals surface area contributed by atoms with Crippen molar-refractivity contribution >= 4 is 5.91 Å². The number of ether oxygens (including phenoxy) is 1. The van der Waals surface area contributed by atoms with Crippen LogP contribution in [-0.4, -0.2) is 16.8 Å². The lowest BCUT2D eigenvalue weighted by atomic mass is 10.2. The van der Waals surface area contributed by atoms with Crippen molar-refractivity contribution in [3.8, 4) is 5.75 Å². The predicted molar refractivity (Wildman–Crippen MR) is 86.4 cm³/mol. The number of halogens is 1. The summed E-state index contributed by atoms with van der Waals surface area (Å²) in [6.07, 6.45) is 2.17. The molecule has 1 amide bonds. The third-order valence-electron chi connectivity index (χ3n) is 4.00. The highest BCUT2D eigenvalue weighted by atomic mass is 19.1. The fourth-order valence-corrected chi connectivity index (χ4v) is 2.59. The van der Waals surface area contributed by atoms with Gasteiger partial charge in [0.2, 0.25) is 5.91 Å². The van der Waals surface area contributed by atoms with Crippen molar-refractivity contribution in [1.29, 1.82) is 0 Å². The summed E-state index contributed by atoms with van der Waals surface area (Å²) in [6, 6.07) is 14.6. The van der Waals surface area contributed by atoms with Crippen molar-refractivity contribution in [2.45, 2.75) is 39.0 Å². The SMILES string of the molecule is CC(=O)N(Cc1cccc(OCc2ccccc2F)c1)C1CC1. The van der Waals surface area contributed by atoms with Crippen LogP contribution >= 0.6 is 0 Å². The van der Waals surface area contributed by atoms with Gasteiger partial charge in [-0.2, -0.15) is 0 Å². The maximum atomic E-state index is 13.6. The van der Waals surface area contributed by atoms with Gasteiger partial charge in [-0.25, -0.2) is 4.39 Å². The second kappa shape index (κ2) is 6.82. The first-order chi connectivity index (χ1) is 11.1. The van der Waals surface area contributed by atoms with Crippen LogP contribution in [0.5, 0.6) is 5.75 Å². The van der Waals surface area contributed by atoms with E-state index in [9.17, 15) is 9.18 Å². The summed E-state index contributed by atoms with van der Waals surface area (Å²) in [5.41, 5.74) is 1.55. The van der Waals surface area contributed by atoms with Gasteiger partial charge in [0.1, 0.15) is 18.2 Å². The summed E-state index contributed by atoms with van der Waals surface area (Å²) >= 11 is 0. The first kappa shape index (κ1) is 15.5. The summed E-state index contributed by atoms with van der Waals surface area (Å²) in [6.45, 7) is 2.39. The molecule has 0 aliphatic heterocycles. The van der Waals surface area contributed by atoms with Crippen LogP contribution in [0.1, 0.15) is 30.9 Å². The fourth-order valence-electron chi connectivity index (χ4n) is 2.59. The minimum absolute atomic E-state index is 0.102. The van der Waals surface area contributed by atoms with Crippen molar-refractivity contribution < 1.29 is 13.9 Å². The van der Waals surface area contributed by atoms with Gasteiger partial charge in [0.15, 0.2) is 0 Å². The van der Waals surface area contributed by atoms with E-state index in [0.29, 0.717) is 23.9 Å². The van der Waals surface area contributed by atoms with Crippen LogP contribution < -0.4 is 4.74 Å². The van der Waals surface area contributed by atoms with Crippen molar-refractivity contribution in [2.75, 3.05) is 0 Å². The van der Waals surface area contributed by atoms with Gasteiger partial charge in [0, 0.05) is 25.1 Å². The normalized spacial score (nSPS) is 13.7. The molecular formula is C19H20FNO2. The Balaban J connectivity index is 1.65. The minimum atomic E-state index is -0.264. The molecule has 0 unspecified atom stereocenters. The Morgan fingerprint density at radius 3 is 2.70 bits per heavy atom. The van der Waals surface area contributed by atoms with Crippen molar-refractivity contribution in [3.63, 3.8) is 0 Å². The number of benzene rings is 2. The van der Waals surface area contributed by atoms with E-state index < -0.39 is 0 Å². The molecule has 1 aliphatic carbocycles. The standard InChI is InChI=1S/C19H20FNO2/c1-14(22)21(17-9-10-17)12-15-5-4-7-18(11-15)23-13-16-6-2-3-8-19(16)20/h2-8,11,17H,9-10,12-13H2,1H3. The zero-order chi connectivity index (χ0) is 16.2. The number of nitrogens with zero attached hydrogens (tertiary/aromatic N) is 1. The molecule has 0 saturated heterocycles. The molecule has 1 fully saturated rings. The zero-order valence-corrected chi connectivity index (χ0v) is 13.2. The molecule has 0 radical (unpaired) electrons. The Morgan fingerprint density at radius 2 is 2.00 bits per heavy atom.